The van der Waals surface area contributed by atoms with Crippen molar-refractivity contribution in [1.82, 2.24) is 4.98 Å². The third-order valence-corrected chi connectivity index (χ3v) is 4.36. The maximum atomic E-state index is 12.6. The van der Waals surface area contributed by atoms with Crippen LogP contribution >= 0.6 is 11.3 Å². The lowest BCUT2D eigenvalue weighted by Crippen LogP contribution is -2.34. The van der Waals surface area contributed by atoms with Crippen LogP contribution in [0.2, 0.25) is 0 Å². The molecule has 0 radical (unpaired) electrons. The first kappa shape index (κ1) is 16.1. The van der Waals surface area contributed by atoms with Gasteiger partial charge >= 0.3 is 0 Å². The molecule has 6 heteroatoms. The van der Waals surface area contributed by atoms with Crippen LogP contribution in [0.1, 0.15) is 18.5 Å². The highest BCUT2D eigenvalue weighted by Crippen LogP contribution is 2.18. The second-order valence-electron chi connectivity index (χ2n) is 5.45. The van der Waals surface area contributed by atoms with Crippen LogP contribution in [-0.2, 0) is 20.8 Å². The Labute approximate surface area is 139 Å². The molecule has 2 heterocycles. The Hall–Kier alpha value is -1.76. The lowest BCUT2D eigenvalue weighted by Gasteiger charge is -2.22. The van der Waals surface area contributed by atoms with Crippen LogP contribution in [0.25, 0.3) is 0 Å². The lowest BCUT2D eigenvalue weighted by molar-refractivity contribution is -0.124. The second kappa shape index (κ2) is 8.19. The molecule has 0 N–H and O–H groups in total. The minimum Gasteiger partial charge on any atom is -0.376 e. The van der Waals surface area contributed by atoms with Crippen molar-refractivity contribution in [3.63, 3.8) is 0 Å². The number of rotatable bonds is 7. The van der Waals surface area contributed by atoms with E-state index in [9.17, 15) is 4.79 Å². The fraction of sp³-hybridized carbons (Fsp3) is 0.412. The number of anilines is 1. The number of carbonyl (C=O) groups excluding carboxylic acids is 1. The van der Waals surface area contributed by atoms with Crippen LogP contribution in [0.15, 0.2) is 41.2 Å². The van der Waals surface area contributed by atoms with Gasteiger partial charge in [-0.25, -0.2) is 4.98 Å². The molecule has 1 atom stereocenters. The maximum Gasteiger partial charge on any atom is 0.253 e. The summed E-state index contributed by atoms with van der Waals surface area (Å²) in [5, 5.41) is 1.95. The van der Waals surface area contributed by atoms with Gasteiger partial charge in [0.25, 0.3) is 5.91 Å². The van der Waals surface area contributed by atoms with Gasteiger partial charge in [0, 0.05) is 17.7 Å². The van der Waals surface area contributed by atoms with E-state index >= 15 is 0 Å². The molecule has 0 bridgehead atoms. The van der Waals surface area contributed by atoms with Gasteiger partial charge in [-0.1, -0.05) is 18.2 Å². The summed E-state index contributed by atoms with van der Waals surface area (Å²) in [6.07, 6.45) is 2.21. The molecule has 2 aromatic rings. The summed E-state index contributed by atoms with van der Waals surface area (Å²) in [6, 6.07) is 9.62. The van der Waals surface area contributed by atoms with E-state index in [0.29, 0.717) is 13.2 Å². The van der Waals surface area contributed by atoms with E-state index in [2.05, 4.69) is 4.98 Å². The third kappa shape index (κ3) is 4.60. The molecule has 0 aliphatic carbocycles. The molecule has 1 aromatic carbocycles. The van der Waals surface area contributed by atoms with E-state index in [1.54, 1.807) is 10.4 Å². The van der Waals surface area contributed by atoms with Crippen molar-refractivity contribution in [3.8, 4) is 0 Å². The van der Waals surface area contributed by atoms with Crippen LogP contribution in [0, 0.1) is 0 Å². The first-order valence-corrected chi connectivity index (χ1v) is 8.69. The minimum absolute atomic E-state index is 0.0545. The third-order valence-electron chi connectivity index (χ3n) is 3.73. The zero-order valence-electron chi connectivity index (χ0n) is 12.9. The van der Waals surface area contributed by atoms with E-state index in [1.165, 1.54) is 11.3 Å². The summed E-state index contributed by atoms with van der Waals surface area (Å²) in [6.45, 7) is 1.78. The quantitative estimate of drug-likeness (QED) is 0.782. The number of benzene rings is 1. The zero-order valence-corrected chi connectivity index (χ0v) is 13.7. The summed E-state index contributed by atoms with van der Waals surface area (Å²) in [7, 11) is 0. The SMILES string of the molecule is O=C(COC[C@@H]1CCCO1)N(Cc1cscn1)c1ccccc1. The molecule has 1 saturated heterocycles. The Morgan fingerprint density at radius 3 is 2.96 bits per heavy atom. The first-order valence-electron chi connectivity index (χ1n) is 7.75. The molecule has 5 nitrogen and oxygen atoms in total. The van der Waals surface area contributed by atoms with Gasteiger partial charge in [0.1, 0.15) is 6.61 Å². The number of nitrogens with zero attached hydrogens (tertiary/aromatic N) is 2. The Morgan fingerprint density at radius 1 is 1.39 bits per heavy atom. The number of amides is 1. The van der Waals surface area contributed by atoms with Gasteiger partial charge in [-0.05, 0) is 25.0 Å². The van der Waals surface area contributed by atoms with Crippen molar-refractivity contribution in [3.05, 3.63) is 46.9 Å². The van der Waals surface area contributed by atoms with Gasteiger partial charge in [-0.2, -0.15) is 0 Å². The van der Waals surface area contributed by atoms with Crippen molar-refractivity contribution in [2.24, 2.45) is 0 Å². The van der Waals surface area contributed by atoms with E-state index in [1.807, 2.05) is 35.7 Å². The molecule has 0 spiro atoms. The second-order valence-corrected chi connectivity index (χ2v) is 6.16. The van der Waals surface area contributed by atoms with Crippen LogP contribution in [-0.4, -0.2) is 36.8 Å². The number of thiazole rings is 1. The normalized spacial score (nSPS) is 17.3. The Morgan fingerprint density at radius 2 is 2.26 bits per heavy atom. The van der Waals surface area contributed by atoms with Crippen molar-refractivity contribution >= 4 is 22.9 Å². The molecule has 23 heavy (non-hydrogen) atoms. The molecule has 1 aromatic heterocycles. The van der Waals surface area contributed by atoms with Crippen molar-refractivity contribution < 1.29 is 14.3 Å². The van der Waals surface area contributed by atoms with Crippen LogP contribution < -0.4 is 4.90 Å². The Kier molecular flexibility index (Phi) is 5.74. The summed E-state index contributed by atoms with van der Waals surface area (Å²) in [4.78, 5) is 18.6. The topological polar surface area (TPSA) is 51.7 Å². The van der Waals surface area contributed by atoms with Gasteiger partial charge in [-0.3, -0.25) is 4.79 Å². The van der Waals surface area contributed by atoms with E-state index < -0.39 is 0 Å². The largest absolute Gasteiger partial charge is 0.376 e. The Bertz CT molecular complexity index is 598. The first-order chi connectivity index (χ1) is 11.3. The molecular formula is C17H20N2O3S. The summed E-state index contributed by atoms with van der Waals surface area (Å²) >= 11 is 1.53. The smallest absolute Gasteiger partial charge is 0.253 e. The molecule has 1 fully saturated rings. The van der Waals surface area contributed by atoms with E-state index in [-0.39, 0.29) is 18.6 Å². The maximum absolute atomic E-state index is 12.6. The van der Waals surface area contributed by atoms with Crippen LogP contribution in [0.5, 0.6) is 0 Å². The van der Waals surface area contributed by atoms with E-state index in [0.717, 1.165) is 30.8 Å². The van der Waals surface area contributed by atoms with Crippen LogP contribution in [0.3, 0.4) is 0 Å². The predicted octanol–water partition coefficient (Wildman–Crippen LogP) is 2.87. The average molecular weight is 332 g/mol. The summed E-state index contributed by atoms with van der Waals surface area (Å²) < 4.78 is 11.1. The highest BCUT2D eigenvalue weighted by molar-refractivity contribution is 7.07. The fourth-order valence-electron chi connectivity index (χ4n) is 2.54. The minimum atomic E-state index is -0.0674. The number of hydrogen-bond acceptors (Lipinski definition) is 5. The molecule has 1 aliphatic heterocycles. The number of ether oxygens (including phenoxy) is 2. The van der Waals surface area contributed by atoms with Gasteiger partial charge < -0.3 is 14.4 Å². The summed E-state index contributed by atoms with van der Waals surface area (Å²) in [5.74, 6) is -0.0674. The number of aromatic nitrogens is 1. The van der Waals surface area contributed by atoms with Crippen molar-refractivity contribution in [1.29, 1.82) is 0 Å². The highest BCUT2D eigenvalue weighted by atomic mass is 32.1. The van der Waals surface area contributed by atoms with Gasteiger partial charge in [0.15, 0.2) is 0 Å². The standard InChI is InChI=1S/C17H20N2O3S/c20-17(11-21-10-16-7-4-8-22-16)19(9-14-12-23-13-18-14)15-5-2-1-3-6-15/h1-3,5-6,12-13,16H,4,7-11H2/t16-/m0/s1. The molecule has 0 saturated carbocycles. The monoisotopic (exact) mass is 332 g/mol. The number of carbonyl (C=O) groups is 1. The van der Waals surface area contributed by atoms with Gasteiger partial charge in [-0.15, -0.1) is 11.3 Å². The Balaban J connectivity index is 1.61. The zero-order chi connectivity index (χ0) is 15.9. The van der Waals surface area contributed by atoms with E-state index in [4.69, 9.17) is 9.47 Å². The highest BCUT2D eigenvalue weighted by Gasteiger charge is 2.19. The predicted molar refractivity (Wildman–Crippen MR) is 89.5 cm³/mol. The molecule has 0 unspecified atom stereocenters. The average Bonchev–Trinajstić information content (AvgIpc) is 3.27. The molecular weight excluding hydrogens is 312 g/mol. The lowest BCUT2D eigenvalue weighted by atomic mass is 10.2. The van der Waals surface area contributed by atoms with Crippen molar-refractivity contribution in [2.45, 2.75) is 25.5 Å². The van der Waals surface area contributed by atoms with Gasteiger partial charge in [0.2, 0.25) is 0 Å². The molecule has 122 valence electrons. The molecule has 3 rings (SSSR count). The summed E-state index contributed by atoms with van der Waals surface area (Å²) in [5.41, 5.74) is 3.51. The van der Waals surface area contributed by atoms with Crippen LogP contribution in [0.4, 0.5) is 5.69 Å². The number of para-hydroxylation sites is 1. The fourth-order valence-corrected chi connectivity index (χ4v) is 3.09. The number of hydrogen-bond donors (Lipinski definition) is 0. The van der Waals surface area contributed by atoms with Gasteiger partial charge in [0.05, 0.1) is 30.5 Å². The van der Waals surface area contributed by atoms with Crippen molar-refractivity contribution in [2.75, 3.05) is 24.7 Å². The molecule has 1 amide bonds. The molecule has 1 aliphatic rings.